The first kappa shape index (κ1) is 34.2. The molecular weight excluding hydrogens is 687 g/mol. The number of fused-ring (bicyclic) bond motifs is 4. The van der Waals surface area contributed by atoms with Gasteiger partial charge in [0.25, 0.3) is 5.56 Å². The Morgan fingerprint density at radius 1 is 1.12 bits per heavy atom. The molecule has 16 heteroatoms. The molecule has 3 aliphatic rings. The molecule has 2 saturated heterocycles. The average Bonchev–Trinajstić information content (AvgIpc) is 3.73. The van der Waals surface area contributed by atoms with E-state index in [1.807, 2.05) is 0 Å². The Kier molecular flexibility index (Phi) is 10.3. The van der Waals surface area contributed by atoms with Crippen molar-refractivity contribution in [3.05, 3.63) is 68.9 Å². The number of β-lactam (4-membered cyclic amide) rings is 1. The summed E-state index contributed by atoms with van der Waals surface area (Å²) < 4.78 is 21.5. The number of carbonyl (C=O) groups excluding carboxylic acids is 2. The van der Waals surface area contributed by atoms with E-state index in [1.54, 1.807) is 49.6 Å². The molecule has 2 aliphatic heterocycles. The van der Waals surface area contributed by atoms with Gasteiger partial charge in [-0.2, -0.15) is 0 Å². The van der Waals surface area contributed by atoms with Crippen molar-refractivity contribution >= 4 is 63.7 Å². The van der Waals surface area contributed by atoms with E-state index in [0.29, 0.717) is 57.8 Å². The molecule has 6 rings (SSSR count). The molecule has 1 aromatic heterocycles. The zero-order valence-corrected chi connectivity index (χ0v) is 28.0. The Balaban J connectivity index is 1.07. The van der Waals surface area contributed by atoms with Crippen LogP contribution in [0.15, 0.2) is 53.3 Å². The van der Waals surface area contributed by atoms with Crippen molar-refractivity contribution in [3.8, 4) is 17.1 Å². The maximum atomic E-state index is 13.2. The largest absolute Gasteiger partial charge is 0.489 e. The Morgan fingerprint density at radius 2 is 1.88 bits per heavy atom. The quantitative estimate of drug-likeness (QED) is 0.120. The van der Waals surface area contributed by atoms with E-state index in [2.05, 4.69) is 15.3 Å². The van der Waals surface area contributed by atoms with Crippen LogP contribution in [0.2, 0.25) is 10.0 Å². The fourth-order valence-electron chi connectivity index (χ4n) is 6.23. The molecule has 1 saturated carbocycles. The number of nitrogens with zero attached hydrogens (tertiary/aromatic N) is 2. The molecule has 0 spiro atoms. The highest BCUT2D eigenvalue weighted by Crippen LogP contribution is 2.64. The summed E-state index contributed by atoms with van der Waals surface area (Å²) in [5.41, 5.74) is -0.842. The molecule has 2 amide bonds. The van der Waals surface area contributed by atoms with Gasteiger partial charge in [-0.1, -0.05) is 35.4 Å². The molecule has 5 atom stereocenters. The maximum Gasteiger partial charge on any atom is 0.330 e. The van der Waals surface area contributed by atoms with Crippen molar-refractivity contribution in [2.45, 2.75) is 17.0 Å². The number of amides is 2. The SMILES string of the molecule is COCCOCCOCC(=O)N[C@@H]1C(=O)N2C1SC[C@@H]1C(/C=C/COc3ccc(Cl)cc3-c3nc4ccc(Cl)cc4c(=O)[nH]3)C12C(=O)O. The lowest BCUT2D eigenvalue weighted by atomic mass is 9.98. The highest BCUT2D eigenvalue weighted by Gasteiger charge is 2.80. The first-order valence-corrected chi connectivity index (χ1v) is 16.9. The number of aromatic nitrogens is 2. The third-order valence-corrected chi connectivity index (χ3v) is 10.4. The minimum atomic E-state index is -1.39. The van der Waals surface area contributed by atoms with Crippen molar-refractivity contribution in [2.75, 3.05) is 52.5 Å². The monoisotopic (exact) mass is 718 g/mol. The number of aromatic amines is 1. The molecule has 3 N–H and O–H groups in total. The fraction of sp³-hybridized carbons (Fsp3) is 0.406. The number of benzene rings is 2. The van der Waals surface area contributed by atoms with Gasteiger partial charge >= 0.3 is 5.97 Å². The second-order valence-corrected chi connectivity index (χ2v) is 13.4. The summed E-state index contributed by atoms with van der Waals surface area (Å²) in [7, 11) is 1.57. The number of nitrogens with one attached hydrogen (secondary N) is 2. The zero-order chi connectivity index (χ0) is 34.0. The first-order valence-electron chi connectivity index (χ1n) is 15.1. The Bertz CT molecular complexity index is 1820. The number of ether oxygens (including phenoxy) is 4. The normalized spacial score (nSPS) is 24.2. The van der Waals surface area contributed by atoms with Crippen molar-refractivity contribution in [1.29, 1.82) is 0 Å². The standard InChI is InChI=1S/C32H32Cl2N4O9S/c1-44-9-10-45-11-12-46-15-25(39)36-26-29(41)38-30(26)48-16-22-21(32(22,38)31(42)43)3-2-8-47-24-7-5-18(34)14-20(24)27-35-23-6-4-17(33)13-19(23)28(40)37-27/h2-7,13-14,21-22,26,30H,8-12,15-16H2,1H3,(H,36,39)(H,42,43)(H,35,37,40)/b3-2+/t21?,22-,26-,30?,32?/m1/s1. The number of hydrogen-bond acceptors (Lipinski definition) is 10. The van der Waals surface area contributed by atoms with E-state index in [4.69, 9.17) is 42.1 Å². The van der Waals surface area contributed by atoms with Gasteiger partial charge in [0.15, 0.2) is 5.54 Å². The van der Waals surface area contributed by atoms with Crippen LogP contribution >= 0.6 is 35.0 Å². The number of H-pyrrole nitrogens is 1. The molecule has 3 fully saturated rings. The summed E-state index contributed by atoms with van der Waals surface area (Å²) in [6.07, 6.45) is 3.48. The molecule has 0 radical (unpaired) electrons. The second kappa shape index (κ2) is 14.4. The molecule has 3 aromatic rings. The predicted molar refractivity (Wildman–Crippen MR) is 178 cm³/mol. The molecule has 2 aromatic carbocycles. The first-order chi connectivity index (χ1) is 23.2. The van der Waals surface area contributed by atoms with E-state index in [9.17, 15) is 24.3 Å². The lowest BCUT2D eigenvalue weighted by Crippen LogP contribution is -2.76. The Hall–Kier alpha value is -3.66. The molecule has 3 heterocycles. The summed E-state index contributed by atoms with van der Waals surface area (Å²) in [5.74, 6) is -1.55. The summed E-state index contributed by atoms with van der Waals surface area (Å²) in [5, 5.41) is 13.7. The number of carbonyl (C=O) groups is 3. The van der Waals surface area contributed by atoms with E-state index in [1.165, 1.54) is 22.7 Å². The van der Waals surface area contributed by atoms with Crippen molar-refractivity contribution in [1.82, 2.24) is 20.2 Å². The second-order valence-electron chi connectivity index (χ2n) is 11.4. The highest BCUT2D eigenvalue weighted by molar-refractivity contribution is 8.00. The third kappa shape index (κ3) is 6.52. The Morgan fingerprint density at radius 3 is 2.67 bits per heavy atom. The molecule has 48 heavy (non-hydrogen) atoms. The van der Waals surface area contributed by atoms with Crippen LogP contribution in [0, 0.1) is 11.8 Å². The van der Waals surface area contributed by atoms with Gasteiger partial charge in [-0.3, -0.25) is 14.4 Å². The van der Waals surface area contributed by atoms with Gasteiger partial charge in [-0.15, -0.1) is 11.8 Å². The van der Waals surface area contributed by atoms with Crippen LogP contribution in [0.5, 0.6) is 5.75 Å². The van der Waals surface area contributed by atoms with Gasteiger partial charge in [0.1, 0.15) is 36.2 Å². The number of carboxylic acids is 1. The minimum Gasteiger partial charge on any atom is -0.489 e. The summed E-state index contributed by atoms with van der Waals surface area (Å²) in [4.78, 5) is 59.7. The van der Waals surface area contributed by atoms with Gasteiger partial charge in [0.05, 0.1) is 42.9 Å². The number of aliphatic carboxylic acids is 1. The van der Waals surface area contributed by atoms with Gasteiger partial charge in [-0.05, 0) is 36.4 Å². The van der Waals surface area contributed by atoms with Gasteiger partial charge in [0.2, 0.25) is 11.8 Å². The van der Waals surface area contributed by atoms with Gasteiger partial charge in [0, 0.05) is 34.7 Å². The van der Waals surface area contributed by atoms with Gasteiger partial charge in [-0.25, -0.2) is 9.78 Å². The summed E-state index contributed by atoms with van der Waals surface area (Å²) in [6, 6.07) is 8.93. The predicted octanol–water partition coefficient (Wildman–Crippen LogP) is 2.98. The van der Waals surface area contributed by atoms with Crippen LogP contribution in [0.4, 0.5) is 0 Å². The lowest BCUT2D eigenvalue weighted by molar-refractivity contribution is -0.166. The maximum absolute atomic E-state index is 13.2. The number of rotatable bonds is 15. The van der Waals surface area contributed by atoms with Crippen molar-refractivity contribution in [3.63, 3.8) is 0 Å². The molecule has 0 bridgehead atoms. The number of methoxy groups -OCH3 is 1. The summed E-state index contributed by atoms with van der Waals surface area (Å²) >= 11 is 13.8. The molecule has 13 nitrogen and oxygen atoms in total. The van der Waals surface area contributed by atoms with Crippen molar-refractivity contribution in [2.24, 2.45) is 11.8 Å². The van der Waals surface area contributed by atoms with Crippen LogP contribution in [0.3, 0.4) is 0 Å². The molecule has 3 unspecified atom stereocenters. The van der Waals surface area contributed by atoms with E-state index < -0.39 is 40.7 Å². The molecule has 254 valence electrons. The topological polar surface area (TPSA) is 169 Å². The lowest BCUT2D eigenvalue weighted by Gasteiger charge is -2.52. The summed E-state index contributed by atoms with van der Waals surface area (Å²) in [6.45, 7) is 1.20. The van der Waals surface area contributed by atoms with Crippen molar-refractivity contribution < 1.29 is 38.4 Å². The van der Waals surface area contributed by atoms with E-state index in [0.717, 1.165) is 0 Å². The smallest absolute Gasteiger partial charge is 0.330 e. The highest BCUT2D eigenvalue weighted by atomic mass is 35.5. The number of hydrogen-bond donors (Lipinski definition) is 3. The van der Waals surface area contributed by atoms with Crippen LogP contribution < -0.4 is 15.6 Å². The van der Waals surface area contributed by atoms with Crippen LogP contribution in [0.25, 0.3) is 22.3 Å². The van der Waals surface area contributed by atoms with E-state index >= 15 is 0 Å². The number of carboxylic acid groups (broad SMARTS) is 1. The van der Waals surface area contributed by atoms with E-state index in [-0.39, 0.29) is 37.1 Å². The van der Waals surface area contributed by atoms with Crippen LogP contribution in [0.1, 0.15) is 0 Å². The third-order valence-electron chi connectivity index (χ3n) is 8.52. The molecule has 1 aliphatic carbocycles. The number of halogens is 2. The van der Waals surface area contributed by atoms with Crippen LogP contribution in [-0.2, 0) is 28.6 Å². The molecular formula is C32H32Cl2N4O9S. The van der Waals surface area contributed by atoms with Gasteiger partial charge < -0.3 is 39.3 Å². The Labute approximate surface area is 288 Å². The fourth-order valence-corrected chi connectivity index (χ4v) is 8.24. The number of thioether (sulfide) groups is 1. The zero-order valence-electron chi connectivity index (χ0n) is 25.6. The average molecular weight is 720 g/mol. The minimum absolute atomic E-state index is 0.0710. The van der Waals surface area contributed by atoms with Crippen LogP contribution in [-0.4, -0.2) is 107 Å².